The molecule has 2 atom stereocenters. The summed E-state index contributed by atoms with van der Waals surface area (Å²) in [5.74, 6) is 0. The summed E-state index contributed by atoms with van der Waals surface area (Å²) in [5, 5.41) is 7.99. The van der Waals surface area contributed by atoms with E-state index in [9.17, 15) is 0 Å². The van der Waals surface area contributed by atoms with Crippen molar-refractivity contribution in [3.8, 4) is 0 Å². The SMILES string of the molecule is CCn1cc(CN2CC(C)NCC2c2ccccc2)cn1. The van der Waals surface area contributed by atoms with Gasteiger partial charge in [0.05, 0.1) is 6.20 Å². The molecule has 2 unspecified atom stereocenters. The Balaban J connectivity index is 1.78. The number of hydrogen-bond acceptors (Lipinski definition) is 3. The van der Waals surface area contributed by atoms with E-state index < -0.39 is 0 Å². The number of aryl methyl sites for hydroxylation is 1. The number of rotatable bonds is 4. The molecular weight excluding hydrogens is 260 g/mol. The zero-order valence-corrected chi connectivity index (χ0v) is 12.9. The molecular formula is C17H24N4. The summed E-state index contributed by atoms with van der Waals surface area (Å²) in [4.78, 5) is 2.56. The summed E-state index contributed by atoms with van der Waals surface area (Å²) >= 11 is 0. The zero-order valence-electron chi connectivity index (χ0n) is 12.9. The maximum Gasteiger partial charge on any atom is 0.0534 e. The minimum absolute atomic E-state index is 0.437. The molecule has 1 aromatic carbocycles. The smallest absolute Gasteiger partial charge is 0.0534 e. The molecule has 0 amide bonds. The molecule has 1 fully saturated rings. The predicted molar refractivity (Wildman–Crippen MR) is 85.0 cm³/mol. The first kappa shape index (κ1) is 14.3. The fourth-order valence-electron chi connectivity index (χ4n) is 3.06. The maximum absolute atomic E-state index is 4.39. The Labute approximate surface area is 126 Å². The van der Waals surface area contributed by atoms with Crippen molar-refractivity contribution in [2.45, 2.75) is 39.0 Å². The number of aromatic nitrogens is 2. The van der Waals surface area contributed by atoms with E-state index in [1.165, 1.54) is 11.1 Å². The van der Waals surface area contributed by atoms with Gasteiger partial charge in [-0.1, -0.05) is 30.3 Å². The normalized spacial score (nSPS) is 23.3. The fourth-order valence-corrected chi connectivity index (χ4v) is 3.06. The van der Waals surface area contributed by atoms with Gasteiger partial charge in [0.1, 0.15) is 0 Å². The molecule has 3 rings (SSSR count). The van der Waals surface area contributed by atoms with Crippen molar-refractivity contribution in [1.82, 2.24) is 20.0 Å². The second-order valence-corrected chi connectivity index (χ2v) is 5.87. The number of nitrogens with zero attached hydrogens (tertiary/aromatic N) is 3. The van der Waals surface area contributed by atoms with Crippen LogP contribution in [0.3, 0.4) is 0 Å². The number of benzene rings is 1. The summed E-state index contributed by atoms with van der Waals surface area (Å²) in [6, 6.07) is 11.8. The Morgan fingerprint density at radius 2 is 2.10 bits per heavy atom. The highest BCUT2D eigenvalue weighted by atomic mass is 15.3. The van der Waals surface area contributed by atoms with Crippen molar-refractivity contribution < 1.29 is 0 Å². The van der Waals surface area contributed by atoms with Gasteiger partial charge in [0.2, 0.25) is 0 Å². The molecule has 1 aliphatic heterocycles. The monoisotopic (exact) mass is 284 g/mol. The van der Waals surface area contributed by atoms with E-state index in [1.807, 2.05) is 10.9 Å². The Morgan fingerprint density at radius 3 is 2.81 bits per heavy atom. The molecule has 0 saturated carbocycles. The lowest BCUT2D eigenvalue weighted by molar-refractivity contribution is 0.127. The standard InChI is InChI=1S/C17H24N4/c1-3-21-13-15(9-19-21)12-20-11-14(2)18-10-17(20)16-7-5-4-6-8-16/h4-9,13-14,17-18H,3,10-12H2,1-2H3. The largest absolute Gasteiger partial charge is 0.311 e. The van der Waals surface area contributed by atoms with Crippen molar-refractivity contribution in [3.05, 3.63) is 53.9 Å². The lowest BCUT2D eigenvalue weighted by Gasteiger charge is -2.39. The minimum Gasteiger partial charge on any atom is -0.311 e. The highest BCUT2D eigenvalue weighted by Crippen LogP contribution is 2.25. The van der Waals surface area contributed by atoms with Crippen LogP contribution in [0.1, 0.15) is 31.0 Å². The summed E-state index contributed by atoms with van der Waals surface area (Å²) in [6.45, 7) is 8.34. The van der Waals surface area contributed by atoms with Gasteiger partial charge in [0.15, 0.2) is 0 Å². The molecule has 1 saturated heterocycles. The third-order valence-electron chi connectivity index (χ3n) is 4.19. The fraction of sp³-hybridized carbons (Fsp3) is 0.471. The van der Waals surface area contributed by atoms with Gasteiger partial charge < -0.3 is 5.32 Å². The van der Waals surface area contributed by atoms with E-state index in [4.69, 9.17) is 0 Å². The number of nitrogens with one attached hydrogen (secondary N) is 1. The van der Waals surface area contributed by atoms with Crippen LogP contribution in [-0.2, 0) is 13.1 Å². The summed E-state index contributed by atoms with van der Waals surface area (Å²) in [5.41, 5.74) is 2.69. The number of hydrogen-bond donors (Lipinski definition) is 1. The summed E-state index contributed by atoms with van der Waals surface area (Å²) in [7, 11) is 0. The van der Waals surface area contributed by atoms with Gasteiger partial charge in [-0.15, -0.1) is 0 Å². The zero-order chi connectivity index (χ0) is 14.7. The average molecular weight is 284 g/mol. The second kappa shape index (κ2) is 6.41. The van der Waals surface area contributed by atoms with Crippen LogP contribution >= 0.6 is 0 Å². The summed E-state index contributed by atoms with van der Waals surface area (Å²) in [6.07, 6.45) is 4.16. The van der Waals surface area contributed by atoms with Crippen molar-refractivity contribution in [3.63, 3.8) is 0 Å². The van der Waals surface area contributed by atoms with Crippen LogP contribution in [0.2, 0.25) is 0 Å². The van der Waals surface area contributed by atoms with E-state index in [0.29, 0.717) is 12.1 Å². The van der Waals surface area contributed by atoms with Crippen LogP contribution in [-0.4, -0.2) is 33.8 Å². The van der Waals surface area contributed by atoms with Crippen LogP contribution in [0.25, 0.3) is 0 Å². The minimum atomic E-state index is 0.437. The summed E-state index contributed by atoms with van der Waals surface area (Å²) < 4.78 is 2.00. The molecule has 0 bridgehead atoms. The van der Waals surface area contributed by atoms with E-state index in [1.54, 1.807) is 0 Å². The first-order valence-corrected chi connectivity index (χ1v) is 7.80. The quantitative estimate of drug-likeness (QED) is 0.936. The molecule has 0 radical (unpaired) electrons. The predicted octanol–water partition coefficient (Wildman–Crippen LogP) is 2.44. The van der Waals surface area contributed by atoms with Crippen LogP contribution in [0.4, 0.5) is 0 Å². The molecule has 21 heavy (non-hydrogen) atoms. The number of piperazine rings is 1. The van der Waals surface area contributed by atoms with E-state index in [-0.39, 0.29) is 0 Å². The molecule has 0 spiro atoms. The topological polar surface area (TPSA) is 33.1 Å². The second-order valence-electron chi connectivity index (χ2n) is 5.87. The van der Waals surface area contributed by atoms with Gasteiger partial charge >= 0.3 is 0 Å². The van der Waals surface area contributed by atoms with Crippen molar-refractivity contribution in [1.29, 1.82) is 0 Å². The highest BCUT2D eigenvalue weighted by molar-refractivity contribution is 5.21. The molecule has 4 nitrogen and oxygen atoms in total. The van der Waals surface area contributed by atoms with Crippen LogP contribution < -0.4 is 5.32 Å². The van der Waals surface area contributed by atoms with Crippen LogP contribution in [0.15, 0.2) is 42.7 Å². The Bertz CT molecular complexity index is 563. The average Bonchev–Trinajstić information content (AvgIpc) is 2.96. The maximum atomic E-state index is 4.39. The lowest BCUT2D eigenvalue weighted by Crippen LogP contribution is -2.50. The molecule has 1 aliphatic rings. The van der Waals surface area contributed by atoms with Gasteiger partial charge in [-0.3, -0.25) is 9.58 Å². The highest BCUT2D eigenvalue weighted by Gasteiger charge is 2.27. The Kier molecular flexibility index (Phi) is 4.36. The van der Waals surface area contributed by atoms with Gasteiger partial charge in [0, 0.05) is 50.0 Å². The van der Waals surface area contributed by atoms with E-state index in [0.717, 1.165) is 26.2 Å². The molecule has 1 aromatic heterocycles. The Hall–Kier alpha value is -1.65. The third kappa shape index (κ3) is 3.34. The van der Waals surface area contributed by atoms with E-state index in [2.05, 4.69) is 65.7 Å². The molecule has 0 aliphatic carbocycles. The first-order chi connectivity index (χ1) is 10.3. The van der Waals surface area contributed by atoms with Gasteiger partial charge in [-0.25, -0.2) is 0 Å². The van der Waals surface area contributed by atoms with E-state index >= 15 is 0 Å². The van der Waals surface area contributed by atoms with Crippen molar-refractivity contribution >= 4 is 0 Å². The third-order valence-corrected chi connectivity index (χ3v) is 4.19. The van der Waals surface area contributed by atoms with Gasteiger partial charge in [0.25, 0.3) is 0 Å². The lowest BCUT2D eigenvalue weighted by atomic mass is 10.0. The van der Waals surface area contributed by atoms with Crippen LogP contribution in [0.5, 0.6) is 0 Å². The molecule has 4 heteroatoms. The van der Waals surface area contributed by atoms with Crippen molar-refractivity contribution in [2.24, 2.45) is 0 Å². The van der Waals surface area contributed by atoms with Gasteiger partial charge in [-0.2, -0.15) is 5.10 Å². The molecule has 2 aromatic rings. The first-order valence-electron chi connectivity index (χ1n) is 7.80. The van der Waals surface area contributed by atoms with Crippen molar-refractivity contribution in [2.75, 3.05) is 13.1 Å². The Morgan fingerprint density at radius 1 is 1.29 bits per heavy atom. The molecule has 2 heterocycles. The van der Waals surface area contributed by atoms with Gasteiger partial charge in [-0.05, 0) is 19.4 Å². The molecule has 112 valence electrons. The van der Waals surface area contributed by atoms with Crippen LogP contribution in [0, 0.1) is 0 Å². The molecule has 1 N–H and O–H groups in total.